The molecule has 6 nitrogen and oxygen atoms in total. The highest BCUT2D eigenvalue weighted by Gasteiger charge is 2.08. The Morgan fingerprint density at radius 2 is 1.95 bits per heavy atom. The van der Waals surface area contributed by atoms with Gasteiger partial charge in [0, 0.05) is 11.0 Å². The molecule has 0 unspecified atom stereocenters. The second-order valence-electron chi connectivity index (χ2n) is 3.66. The fourth-order valence-corrected chi connectivity index (χ4v) is 1.43. The van der Waals surface area contributed by atoms with Crippen LogP contribution in [0, 0.1) is 11.3 Å². The van der Waals surface area contributed by atoms with Gasteiger partial charge < -0.3 is 14.8 Å². The molecule has 1 rings (SSSR count). The van der Waals surface area contributed by atoms with E-state index in [2.05, 4.69) is 21.2 Å². The van der Waals surface area contributed by atoms with Crippen LogP contribution in [0.2, 0.25) is 0 Å². The minimum atomic E-state index is -0.636. The molecule has 7 heteroatoms. The van der Waals surface area contributed by atoms with Gasteiger partial charge in [-0.3, -0.25) is 4.79 Å². The zero-order valence-electron chi connectivity index (χ0n) is 10.6. The number of nitriles is 1. The molecule has 106 valence electrons. The Hall–Kier alpha value is -2.07. The SMILES string of the molecule is N#CCCNC(=O)COC(=O)COc1ccc(Br)cc1. The average molecular weight is 341 g/mol. The predicted octanol–water partition coefficient (Wildman–Crippen LogP) is 1.40. The third-order valence-electron chi connectivity index (χ3n) is 2.09. The van der Waals surface area contributed by atoms with Crippen molar-refractivity contribution in [1.29, 1.82) is 5.26 Å². The maximum Gasteiger partial charge on any atom is 0.344 e. The molecule has 0 saturated heterocycles. The first kappa shape index (κ1) is 16.0. The summed E-state index contributed by atoms with van der Waals surface area (Å²) in [6, 6.07) is 8.85. The van der Waals surface area contributed by atoms with Gasteiger partial charge in [-0.2, -0.15) is 5.26 Å². The predicted molar refractivity (Wildman–Crippen MR) is 73.8 cm³/mol. The van der Waals surface area contributed by atoms with Crippen LogP contribution in [0.3, 0.4) is 0 Å². The van der Waals surface area contributed by atoms with Crippen LogP contribution in [-0.2, 0) is 14.3 Å². The summed E-state index contributed by atoms with van der Waals surface area (Å²) < 4.78 is 10.8. The lowest BCUT2D eigenvalue weighted by Crippen LogP contribution is -2.30. The van der Waals surface area contributed by atoms with Gasteiger partial charge in [0.2, 0.25) is 0 Å². The normalized spacial score (nSPS) is 9.40. The van der Waals surface area contributed by atoms with Crippen molar-refractivity contribution in [2.24, 2.45) is 0 Å². The van der Waals surface area contributed by atoms with E-state index in [1.165, 1.54) is 0 Å². The largest absolute Gasteiger partial charge is 0.482 e. The lowest BCUT2D eigenvalue weighted by atomic mass is 10.3. The maximum atomic E-state index is 11.3. The first-order valence-corrected chi connectivity index (χ1v) is 6.59. The summed E-state index contributed by atoms with van der Waals surface area (Å²) in [5.41, 5.74) is 0. The van der Waals surface area contributed by atoms with Gasteiger partial charge in [-0.25, -0.2) is 4.79 Å². The number of nitrogens with one attached hydrogen (secondary N) is 1. The second kappa shape index (κ2) is 8.93. The van der Waals surface area contributed by atoms with Gasteiger partial charge >= 0.3 is 5.97 Å². The summed E-state index contributed by atoms with van der Waals surface area (Å²) in [6.07, 6.45) is 0.215. The number of ether oxygens (including phenoxy) is 2. The van der Waals surface area contributed by atoms with E-state index in [0.29, 0.717) is 5.75 Å². The summed E-state index contributed by atoms with van der Waals surface area (Å²) in [7, 11) is 0. The number of hydrogen-bond acceptors (Lipinski definition) is 5. The van der Waals surface area contributed by atoms with Crippen molar-refractivity contribution < 1.29 is 19.1 Å². The summed E-state index contributed by atoms with van der Waals surface area (Å²) >= 11 is 3.28. The standard InChI is InChI=1S/C13H13BrN2O4/c14-10-2-4-11(5-3-10)19-9-13(18)20-8-12(17)16-7-1-6-15/h2-5H,1,7-9H2,(H,16,17). The molecule has 20 heavy (non-hydrogen) atoms. The lowest BCUT2D eigenvalue weighted by Gasteiger charge is -2.07. The zero-order chi connectivity index (χ0) is 14.8. The molecule has 1 N–H and O–H groups in total. The number of amides is 1. The molecule has 1 aromatic carbocycles. The average Bonchev–Trinajstić information content (AvgIpc) is 2.45. The minimum absolute atomic E-state index is 0.215. The van der Waals surface area contributed by atoms with Gasteiger partial charge in [-0.15, -0.1) is 0 Å². The van der Waals surface area contributed by atoms with Crippen LogP contribution >= 0.6 is 15.9 Å². The van der Waals surface area contributed by atoms with Crippen LogP contribution in [-0.4, -0.2) is 31.6 Å². The van der Waals surface area contributed by atoms with E-state index in [1.54, 1.807) is 24.3 Å². The molecule has 0 aliphatic rings. The van der Waals surface area contributed by atoms with E-state index < -0.39 is 11.9 Å². The fraction of sp³-hybridized carbons (Fsp3) is 0.308. The highest BCUT2D eigenvalue weighted by molar-refractivity contribution is 9.10. The Kier molecular flexibility index (Phi) is 7.14. The van der Waals surface area contributed by atoms with Crippen molar-refractivity contribution >= 4 is 27.8 Å². The van der Waals surface area contributed by atoms with E-state index in [9.17, 15) is 9.59 Å². The molecular formula is C13H13BrN2O4. The van der Waals surface area contributed by atoms with E-state index in [1.807, 2.05) is 6.07 Å². The molecule has 0 fully saturated rings. The number of benzene rings is 1. The molecule has 0 radical (unpaired) electrons. The highest BCUT2D eigenvalue weighted by atomic mass is 79.9. The number of carbonyl (C=O) groups is 2. The van der Waals surface area contributed by atoms with E-state index >= 15 is 0 Å². The van der Waals surface area contributed by atoms with Crippen LogP contribution in [0.25, 0.3) is 0 Å². The molecule has 0 atom stereocenters. The van der Waals surface area contributed by atoms with E-state index in [0.717, 1.165) is 4.47 Å². The number of halogens is 1. The number of esters is 1. The van der Waals surface area contributed by atoms with Crippen LogP contribution in [0.15, 0.2) is 28.7 Å². The monoisotopic (exact) mass is 340 g/mol. The summed E-state index contributed by atoms with van der Waals surface area (Å²) in [6.45, 7) is -0.413. The van der Waals surface area contributed by atoms with Crippen molar-refractivity contribution in [3.05, 3.63) is 28.7 Å². The highest BCUT2D eigenvalue weighted by Crippen LogP contribution is 2.15. The molecule has 0 saturated carbocycles. The molecule has 0 aromatic heterocycles. The van der Waals surface area contributed by atoms with Crippen LogP contribution in [0.1, 0.15) is 6.42 Å². The topological polar surface area (TPSA) is 88.4 Å². The van der Waals surface area contributed by atoms with Crippen LogP contribution < -0.4 is 10.1 Å². The fourth-order valence-electron chi connectivity index (χ4n) is 1.17. The van der Waals surface area contributed by atoms with E-state index in [4.69, 9.17) is 14.7 Å². The van der Waals surface area contributed by atoms with E-state index in [-0.39, 0.29) is 26.2 Å². The van der Waals surface area contributed by atoms with Gasteiger partial charge in [-0.05, 0) is 24.3 Å². The Morgan fingerprint density at radius 3 is 2.60 bits per heavy atom. The van der Waals surface area contributed by atoms with Gasteiger partial charge in [0.25, 0.3) is 5.91 Å². The van der Waals surface area contributed by atoms with Gasteiger partial charge in [-0.1, -0.05) is 15.9 Å². The molecule has 0 heterocycles. The molecule has 1 aromatic rings. The maximum absolute atomic E-state index is 11.3. The Balaban J connectivity index is 2.19. The lowest BCUT2D eigenvalue weighted by molar-refractivity contribution is -0.150. The first-order chi connectivity index (χ1) is 9.61. The summed E-state index contributed by atoms with van der Waals surface area (Å²) in [5, 5.41) is 10.7. The molecule has 0 aliphatic carbocycles. The second-order valence-corrected chi connectivity index (χ2v) is 4.58. The molecule has 0 bridgehead atoms. The number of carbonyl (C=O) groups excluding carboxylic acids is 2. The molecule has 0 aliphatic heterocycles. The van der Waals surface area contributed by atoms with Crippen LogP contribution in [0.4, 0.5) is 0 Å². The minimum Gasteiger partial charge on any atom is -0.482 e. The molecular weight excluding hydrogens is 328 g/mol. The Bertz CT molecular complexity index is 496. The number of nitrogens with zero attached hydrogens (tertiary/aromatic N) is 1. The van der Waals surface area contributed by atoms with Gasteiger partial charge in [0.05, 0.1) is 12.5 Å². The van der Waals surface area contributed by atoms with Crippen molar-refractivity contribution in [3.8, 4) is 11.8 Å². The summed E-state index contributed by atoms with van der Waals surface area (Å²) in [4.78, 5) is 22.5. The first-order valence-electron chi connectivity index (χ1n) is 5.79. The van der Waals surface area contributed by atoms with Gasteiger partial charge in [0.15, 0.2) is 13.2 Å². The zero-order valence-corrected chi connectivity index (χ0v) is 12.2. The van der Waals surface area contributed by atoms with Crippen molar-refractivity contribution in [3.63, 3.8) is 0 Å². The smallest absolute Gasteiger partial charge is 0.344 e. The Labute approximate surface area is 124 Å². The number of hydrogen-bond donors (Lipinski definition) is 1. The Morgan fingerprint density at radius 1 is 1.25 bits per heavy atom. The number of rotatable bonds is 7. The summed E-state index contributed by atoms with van der Waals surface area (Å²) in [5.74, 6) is -0.552. The van der Waals surface area contributed by atoms with Gasteiger partial charge in [0.1, 0.15) is 5.75 Å². The molecule has 0 spiro atoms. The third kappa shape index (κ3) is 6.75. The van der Waals surface area contributed by atoms with Crippen molar-refractivity contribution in [2.45, 2.75) is 6.42 Å². The molecule has 1 amide bonds. The van der Waals surface area contributed by atoms with Crippen LogP contribution in [0.5, 0.6) is 5.75 Å². The van der Waals surface area contributed by atoms with Crippen molar-refractivity contribution in [1.82, 2.24) is 5.32 Å². The van der Waals surface area contributed by atoms with Crippen molar-refractivity contribution in [2.75, 3.05) is 19.8 Å². The third-order valence-corrected chi connectivity index (χ3v) is 2.62. The quantitative estimate of drug-likeness (QED) is 0.598.